The molecule has 0 saturated heterocycles. The van der Waals surface area contributed by atoms with Gasteiger partial charge in [-0.2, -0.15) is 0 Å². The molecular formula is C16H29N3S. The summed E-state index contributed by atoms with van der Waals surface area (Å²) in [4.78, 5) is 0. The van der Waals surface area contributed by atoms with Crippen molar-refractivity contribution in [3.05, 3.63) is 10.0 Å². The minimum atomic E-state index is 0.398. The first-order chi connectivity index (χ1) is 9.85. The van der Waals surface area contributed by atoms with E-state index in [2.05, 4.69) is 29.4 Å². The highest BCUT2D eigenvalue weighted by atomic mass is 32.1. The number of hydrogen-bond acceptors (Lipinski definition) is 4. The summed E-state index contributed by atoms with van der Waals surface area (Å²) in [6, 6.07) is 0.398. The van der Waals surface area contributed by atoms with E-state index in [0.29, 0.717) is 12.0 Å². The molecule has 1 N–H and O–H groups in total. The third-order valence-electron chi connectivity index (χ3n) is 4.26. The van der Waals surface area contributed by atoms with Crippen molar-refractivity contribution >= 4 is 11.3 Å². The summed E-state index contributed by atoms with van der Waals surface area (Å²) in [7, 11) is 0. The van der Waals surface area contributed by atoms with Gasteiger partial charge in [0.1, 0.15) is 10.0 Å². The van der Waals surface area contributed by atoms with Gasteiger partial charge in [-0.25, -0.2) is 0 Å². The fourth-order valence-electron chi connectivity index (χ4n) is 2.98. The predicted molar refractivity (Wildman–Crippen MR) is 86.3 cm³/mol. The van der Waals surface area contributed by atoms with Gasteiger partial charge < -0.3 is 5.32 Å². The zero-order valence-corrected chi connectivity index (χ0v) is 13.8. The van der Waals surface area contributed by atoms with Gasteiger partial charge in [0.05, 0.1) is 6.04 Å². The third kappa shape index (κ3) is 4.52. The molecule has 1 atom stereocenters. The fourth-order valence-corrected chi connectivity index (χ4v) is 4.15. The van der Waals surface area contributed by atoms with Crippen LogP contribution in [-0.2, 0) is 0 Å². The molecule has 4 heteroatoms. The lowest BCUT2D eigenvalue weighted by molar-refractivity contribution is 0.452. The van der Waals surface area contributed by atoms with Crippen LogP contribution in [0.4, 0.5) is 0 Å². The molecule has 0 amide bonds. The van der Waals surface area contributed by atoms with Crippen LogP contribution in [-0.4, -0.2) is 16.7 Å². The smallest absolute Gasteiger partial charge is 0.134 e. The van der Waals surface area contributed by atoms with Crippen LogP contribution >= 0.6 is 11.3 Å². The van der Waals surface area contributed by atoms with Crippen molar-refractivity contribution in [3.8, 4) is 0 Å². The maximum absolute atomic E-state index is 4.52. The van der Waals surface area contributed by atoms with E-state index in [9.17, 15) is 0 Å². The maximum atomic E-state index is 4.52. The lowest BCUT2D eigenvalue weighted by atomic mass is 9.92. The highest BCUT2D eigenvalue weighted by Gasteiger charge is 2.20. The first-order valence-electron chi connectivity index (χ1n) is 8.41. The summed E-state index contributed by atoms with van der Waals surface area (Å²) in [5.41, 5.74) is 0. The second-order valence-corrected chi connectivity index (χ2v) is 6.98. The Morgan fingerprint density at radius 3 is 2.45 bits per heavy atom. The summed E-state index contributed by atoms with van der Waals surface area (Å²) >= 11 is 1.85. The number of nitrogens with one attached hydrogen (secondary N) is 1. The van der Waals surface area contributed by atoms with E-state index in [1.807, 2.05) is 11.3 Å². The van der Waals surface area contributed by atoms with Crippen molar-refractivity contribution in [1.82, 2.24) is 15.5 Å². The van der Waals surface area contributed by atoms with Crippen molar-refractivity contribution in [3.63, 3.8) is 0 Å². The summed E-state index contributed by atoms with van der Waals surface area (Å²) in [5, 5.41) is 15.1. The van der Waals surface area contributed by atoms with Gasteiger partial charge in [0, 0.05) is 5.92 Å². The van der Waals surface area contributed by atoms with Gasteiger partial charge >= 0.3 is 0 Å². The first kappa shape index (κ1) is 15.9. The maximum Gasteiger partial charge on any atom is 0.134 e. The topological polar surface area (TPSA) is 37.8 Å². The average molecular weight is 295 g/mol. The van der Waals surface area contributed by atoms with E-state index in [0.717, 1.165) is 13.0 Å². The van der Waals surface area contributed by atoms with Crippen LogP contribution < -0.4 is 5.32 Å². The minimum Gasteiger partial charge on any atom is -0.308 e. The number of rotatable bonds is 6. The molecule has 2 rings (SSSR count). The summed E-state index contributed by atoms with van der Waals surface area (Å²) in [5.74, 6) is 0.672. The van der Waals surface area contributed by atoms with Gasteiger partial charge in [-0.05, 0) is 32.2 Å². The molecule has 20 heavy (non-hydrogen) atoms. The minimum absolute atomic E-state index is 0.398. The Morgan fingerprint density at radius 2 is 1.80 bits per heavy atom. The van der Waals surface area contributed by atoms with Gasteiger partial charge in [0.2, 0.25) is 0 Å². The molecule has 1 aliphatic rings. The molecule has 1 unspecified atom stereocenters. The number of nitrogens with zero attached hydrogens (tertiary/aromatic N) is 2. The Kier molecular flexibility index (Phi) is 6.94. The van der Waals surface area contributed by atoms with Crippen LogP contribution in [0.5, 0.6) is 0 Å². The molecule has 0 spiro atoms. The zero-order valence-electron chi connectivity index (χ0n) is 13.0. The van der Waals surface area contributed by atoms with Gasteiger partial charge in [-0.3, -0.25) is 0 Å². The molecule has 3 nitrogen and oxygen atoms in total. The molecule has 0 aliphatic heterocycles. The fraction of sp³-hybridized carbons (Fsp3) is 0.875. The first-order valence-corrected chi connectivity index (χ1v) is 9.23. The number of aromatic nitrogens is 2. The molecular weight excluding hydrogens is 266 g/mol. The van der Waals surface area contributed by atoms with Gasteiger partial charge in [0.15, 0.2) is 0 Å². The average Bonchev–Trinajstić information content (AvgIpc) is 2.89. The Labute approximate surface area is 127 Å². The number of hydrogen-bond donors (Lipinski definition) is 1. The van der Waals surface area contributed by atoms with Crippen LogP contribution in [0.3, 0.4) is 0 Å². The van der Waals surface area contributed by atoms with Crippen molar-refractivity contribution in [2.75, 3.05) is 6.54 Å². The third-order valence-corrected chi connectivity index (χ3v) is 5.46. The molecule has 1 fully saturated rings. The van der Waals surface area contributed by atoms with Crippen LogP contribution in [0, 0.1) is 0 Å². The van der Waals surface area contributed by atoms with E-state index < -0.39 is 0 Å². The van der Waals surface area contributed by atoms with Crippen LogP contribution in [0.1, 0.15) is 93.6 Å². The summed E-state index contributed by atoms with van der Waals surface area (Å²) < 4.78 is 0. The molecule has 1 aromatic rings. The van der Waals surface area contributed by atoms with Gasteiger partial charge in [0.25, 0.3) is 0 Å². The van der Waals surface area contributed by atoms with E-state index >= 15 is 0 Å². The van der Waals surface area contributed by atoms with Crippen LogP contribution in [0.25, 0.3) is 0 Å². The van der Waals surface area contributed by atoms with Crippen LogP contribution in [0.2, 0.25) is 0 Å². The molecule has 0 aromatic carbocycles. The molecule has 1 saturated carbocycles. The second-order valence-electron chi connectivity index (χ2n) is 5.94. The lowest BCUT2D eigenvalue weighted by Gasteiger charge is -2.17. The van der Waals surface area contributed by atoms with E-state index in [-0.39, 0.29) is 0 Å². The largest absolute Gasteiger partial charge is 0.308 e. The molecule has 0 bridgehead atoms. The summed E-state index contributed by atoms with van der Waals surface area (Å²) in [6.07, 6.45) is 11.9. The Hall–Kier alpha value is -0.480. The predicted octanol–water partition coefficient (Wildman–Crippen LogP) is 4.82. The normalized spacial score (nSPS) is 19.5. The quantitative estimate of drug-likeness (QED) is 0.818. The molecule has 114 valence electrons. The molecule has 0 radical (unpaired) electrons. The highest BCUT2D eigenvalue weighted by molar-refractivity contribution is 7.11. The van der Waals surface area contributed by atoms with Crippen molar-refractivity contribution in [2.45, 2.75) is 83.6 Å². The van der Waals surface area contributed by atoms with Gasteiger partial charge in [-0.1, -0.05) is 57.3 Å². The van der Waals surface area contributed by atoms with E-state index in [1.165, 1.54) is 61.4 Å². The Morgan fingerprint density at radius 1 is 1.10 bits per heavy atom. The SMILES string of the molecule is CCCNC(CC)c1nnc(C2CCCCCCC2)s1. The second kappa shape index (κ2) is 8.73. The van der Waals surface area contributed by atoms with Crippen molar-refractivity contribution in [1.29, 1.82) is 0 Å². The molecule has 1 aliphatic carbocycles. The van der Waals surface area contributed by atoms with E-state index in [1.54, 1.807) is 0 Å². The lowest BCUT2D eigenvalue weighted by Crippen LogP contribution is -2.21. The van der Waals surface area contributed by atoms with Crippen molar-refractivity contribution in [2.24, 2.45) is 0 Å². The molecule has 1 aromatic heterocycles. The Bertz CT molecular complexity index is 370. The highest BCUT2D eigenvalue weighted by Crippen LogP contribution is 2.34. The molecule has 1 heterocycles. The van der Waals surface area contributed by atoms with Crippen molar-refractivity contribution < 1.29 is 0 Å². The van der Waals surface area contributed by atoms with Gasteiger partial charge in [-0.15, -0.1) is 10.2 Å². The van der Waals surface area contributed by atoms with Crippen LogP contribution in [0.15, 0.2) is 0 Å². The Balaban J connectivity index is 1.98. The van der Waals surface area contributed by atoms with E-state index in [4.69, 9.17) is 0 Å². The monoisotopic (exact) mass is 295 g/mol. The zero-order chi connectivity index (χ0) is 14.2. The standard InChI is InChI=1S/C16H29N3S/c1-3-12-17-14(4-2)16-19-18-15(20-16)13-10-8-6-5-7-9-11-13/h13-14,17H,3-12H2,1-2H3. The summed E-state index contributed by atoms with van der Waals surface area (Å²) in [6.45, 7) is 5.50.